The standard InChI is InChI=1S/C15H15N3O2/c1-2-14(12-7-6-10-16-11-12)17-18-15(19)20-13-8-4-3-5-9-13/h3-11H,2H2,1H3,(H,18,19). The maximum Gasteiger partial charge on any atom is 0.433 e. The molecule has 1 N–H and O–H groups in total. The summed E-state index contributed by atoms with van der Waals surface area (Å²) in [7, 11) is 0. The molecular formula is C15H15N3O2. The number of nitrogens with one attached hydrogen (secondary N) is 1. The van der Waals surface area contributed by atoms with Crippen molar-refractivity contribution in [3.8, 4) is 5.75 Å². The smallest absolute Gasteiger partial charge is 0.409 e. The van der Waals surface area contributed by atoms with Gasteiger partial charge in [0.25, 0.3) is 0 Å². The first-order valence-electron chi connectivity index (χ1n) is 6.29. The molecule has 0 bridgehead atoms. The van der Waals surface area contributed by atoms with Gasteiger partial charge in [0.1, 0.15) is 5.75 Å². The predicted octanol–water partition coefficient (Wildman–Crippen LogP) is 2.98. The molecule has 0 saturated heterocycles. The van der Waals surface area contributed by atoms with Crippen molar-refractivity contribution < 1.29 is 9.53 Å². The molecule has 0 unspecified atom stereocenters. The largest absolute Gasteiger partial charge is 0.433 e. The Kier molecular flexibility index (Phi) is 4.83. The number of para-hydroxylation sites is 1. The van der Waals surface area contributed by atoms with Gasteiger partial charge in [-0.15, -0.1) is 0 Å². The molecule has 0 spiro atoms. The van der Waals surface area contributed by atoms with Gasteiger partial charge < -0.3 is 4.74 Å². The van der Waals surface area contributed by atoms with Crippen molar-refractivity contribution in [1.82, 2.24) is 10.4 Å². The summed E-state index contributed by atoms with van der Waals surface area (Å²) in [5.41, 5.74) is 3.99. The number of nitrogens with zero attached hydrogens (tertiary/aromatic N) is 2. The lowest BCUT2D eigenvalue weighted by atomic mass is 10.1. The second-order valence-corrected chi connectivity index (χ2v) is 3.97. The summed E-state index contributed by atoms with van der Waals surface area (Å²) >= 11 is 0. The van der Waals surface area contributed by atoms with Crippen molar-refractivity contribution in [2.75, 3.05) is 0 Å². The molecule has 1 heterocycles. The predicted molar refractivity (Wildman–Crippen MR) is 76.7 cm³/mol. The maximum atomic E-state index is 11.6. The van der Waals surface area contributed by atoms with Gasteiger partial charge in [-0.05, 0) is 24.6 Å². The minimum absolute atomic E-state index is 0.472. The van der Waals surface area contributed by atoms with E-state index in [9.17, 15) is 4.79 Å². The maximum absolute atomic E-state index is 11.6. The Bertz CT molecular complexity index is 583. The third kappa shape index (κ3) is 3.91. The number of benzene rings is 1. The fraction of sp³-hybridized carbons (Fsp3) is 0.133. The molecule has 0 radical (unpaired) electrons. The molecule has 5 nitrogen and oxygen atoms in total. The van der Waals surface area contributed by atoms with Crippen molar-refractivity contribution >= 4 is 11.8 Å². The van der Waals surface area contributed by atoms with Gasteiger partial charge in [0.05, 0.1) is 5.71 Å². The molecule has 0 saturated carbocycles. The summed E-state index contributed by atoms with van der Waals surface area (Å²) in [6.07, 6.45) is 3.45. The van der Waals surface area contributed by atoms with E-state index in [2.05, 4.69) is 15.5 Å². The highest BCUT2D eigenvalue weighted by molar-refractivity contribution is 6.00. The van der Waals surface area contributed by atoms with Crippen molar-refractivity contribution in [3.63, 3.8) is 0 Å². The Morgan fingerprint density at radius 2 is 2.05 bits per heavy atom. The minimum Gasteiger partial charge on any atom is -0.409 e. The Morgan fingerprint density at radius 1 is 1.25 bits per heavy atom. The molecule has 0 aliphatic heterocycles. The van der Waals surface area contributed by atoms with E-state index < -0.39 is 6.09 Å². The van der Waals surface area contributed by atoms with Gasteiger partial charge in [-0.1, -0.05) is 31.2 Å². The molecule has 0 aliphatic rings. The molecular weight excluding hydrogens is 254 g/mol. The molecule has 5 heteroatoms. The van der Waals surface area contributed by atoms with E-state index in [1.54, 1.807) is 36.7 Å². The van der Waals surface area contributed by atoms with Crippen molar-refractivity contribution in [1.29, 1.82) is 0 Å². The number of ether oxygens (including phenoxy) is 1. The molecule has 0 atom stereocenters. The number of carbonyl (C=O) groups excluding carboxylic acids is 1. The molecule has 2 aromatic rings. The normalized spacial score (nSPS) is 10.9. The third-order valence-corrected chi connectivity index (χ3v) is 2.57. The first-order valence-corrected chi connectivity index (χ1v) is 6.29. The van der Waals surface area contributed by atoms with E-state index >= 15 is 0 Å². The van der Waals surface area contributed by atoms with Crippen LogP contribution in [0, 0.1) is 0 Å². The molecule has 1 aromatic carbocycles. The van der Waals surface area contributed by atoms with E-state index in [-0.39, 0.29) is 0 Å². The van der Waals surface area contributed by atoms with Crippen molar-refractivity contribution in [2.45, 2.75) is 13.3 Å². The van der Waals surface area contributed by atoms with Crippen LogP contribution >= 0.6 is 0 Å². The number of hydrazone groups is 1. The van der Waals surface area contributed by atoms with Crippen LogP contribution in [0.3, 0.4) is 0 Å². The zero-order valence-corrected chi connectivity index (χ0v) is 11.1. The zero-order valence-electron chi connectivity index (χ0n) is 11.1. The molecule has 1 amide bonds. The number of amides is 1. The van der Waals surface area contributed by atoms with Gasteiger partial charge in [0.15, 0.2) is 0 Å². The van der Waals surface area contributed by atoms with E-state index in [4.69, 9.17) is 4.74 Å². The Hall–Kier alpha value is -2.69. The number of rotatable bonds is 4. The van der Waals surface area contributed by atoms with E-state index in [0.717, 1.165) is 11.3 Å². The van der Waals surface area contributed by atoms with Crippen LogP contribution in [0.4, 0.5) is 4.79 Å². The number of carbonyl (C=O) groups is 1. The molecule has 102 valence electrons. The highest BCUT2D eigenvalue weighted by Crippen LogP contribution is 2.08. The highest BCUT2D eigenvalue weighted by Gasteiger charge is 2.05. The van der Waals surface area contributed by atoms with Crippen molar-refractivity contribution in [2.24, 2.45) is 5.10 Å². The van der Waals surface area contributed by atoms with Crippen LogP contribution in [-0.4, -0.2) is 16.8 Å². The zero-order chi connectivity index (χ0) is 14.2. The van der Waals surface area contributed by atoms with E-state index in [1.165, 1.54) is 0 Å². The average molecular weight is 269 g/mol. The molecule has 2 rings (SSSR count). The second-order valence-electron chi connectivity index (χ2n) is 3.97. The molecule has 1 aromatic heterocycles. The third-order valence-electron chi connectivity index (χ3n) is 2.57. The number of hydrogen-bond donors (Lipinski definition) is 1. The molecule has 0 fully saturated rings. The van der Waals surface area contributed by atoms with Crippen LogP contribution in [0.1, 0.15) is 18.9 Å². The monoisotopic (exact) mass is 269 g/mol. The minimum atomic E-state index is -0.619. The Morgan fingerprint density at radius 3 is 2.70 bits per heavy atom. The van der Waals surface area contributed by atoms with Gasteiger partial charge in [0.2, 0.25) is 0 Å². The number of hydrogen-bond acceptors (Lipinski definition) is 4. The van der Waals surface area contributed by atoms with Gasteiger partial charge >= 0.3 is 6.09 Å². The summed E-state index contributed by atoms with van der Waals surface area (Å²) in [5.74, 6) is 0.472. The van der Waals surface area contributed by atoms with E-state index in [0.29, 0.717) is 12.2 Å². The highest BCUT2D eigenvalue weighted by atomic mass is 16.6. The van der Waals surface area contributed by atoms with E-state index in [1.807, 2.05) is 25.1 Å². The first kappa shape index (κ1) is 13.7. The van der Waals surface area contributed by atoms with Gasteiger partial charge in [-0.25, -0.2) is 10.2 Å². The first-order chi connectivity index (χ1) is 9.79. The summed E-state index contributed by atoms with van der Waals surface area (Å²) in [6.45, 7) is 1.95. The lowest BCUT2D eigenvalue weighted by Gasteiger charge is -2.05. The van der Waals surface area contributed by atoms with Crippen LogP contribution in [0.15, 0.2) is 60.0 Å². The average Bonchev–Trinajstić information content (AvgIpc) is 2.50. The SMILES string of the molecule is CCC(=NNC(=O)Oc1ccccc1)c1cccnc1. The van der Waals surface area contributed by atoms with Gasteiger partial charge in [0, 0.05) is 18.0 Å². The second kappa shape index (κ2) is 7.04. The number of pyridine rings is 1. The van der Waals surface area contributed by atoms with Crippen LogP contribution in [0.2, 0.25) is 0 Å². The lowest BCUT2D eigenvalue weighted by molar-refractivity contribution is 0.201. The molecule has 20 heavy (non-hydrogen) atoms. The summed E-state index contributed by atoms with van der Waals surface area (Å²) in [4.78, 5) is 15.6. The van der Waals surface area contributed by atoms with Crippen LogP contribution in [0.25, 0.3) is 0 Å². The quantitative estimate of drug-likeness (QED) is 0.685. The number of aromatic nitrogens is 1. The van der Waals surface area contributed by atoms with Crippen LogP contribution in [0.5, 0.6) is 5.75 Å². The topological polar surface area (TPSA) is 63.6 Å². The van der Waals surface area contributed by atoms with Crippen LogP contribution < -0.4 is 10.2 Å². The summed E-state index contributed by atoms with van der Waals surface area (Å²) in [5, 5.41) is 4.06. The fourth-order valence-corrected chi connectivity index (χ4v) is 1.61. The Balaban J connectivity index is 1.99. The fourth-order valence-electron chi connectivity index (χ4n) is 1.61. The van der Waals surface area contributed by atoms with Gasteiger partial charge in [-0.2, -0.15) is 5.10 Å². The lowest BCUT2D eigenvalue weighted by Crippen LogP contribution is -2.23. The Labute approximate surface area is 117 Å². The van der Waals surface area contributed by atoms with Crippen LogP contribution in [-0.2, 0) is 0 Å². The summed E-state index contributed by atoms with van der Waals surface area (Å²) in [6, 6.07) is 12.5. The summed E-state index contributed by atoms with van der Waals surface area (Å²) < 4.78 is 5.07. The van der Waals surface area contributed by atoms with Crippen molar-refractivity contribution in [3.05, 3.63) is 60.4 Å². The molecule has 0 aliphatic carbocycles. The van der Waals surface area contributed by atoms with Gasteiger partial charge in [-0.3, -0.25) is 4.98 Å².